The van der Waals surface area contributed by atoms with E-state index in [1.165, 1.54) is 6.08 Å². The molecule has 0 aliphatic carbocycles. The summed E-state index contributed by atoms with van der Waals surface area (Å²) in [7, 11) is 0. The molecule has 0 radical (unpaired) electrons. The van der Waals surface area contributed by atoms with Crippen LogP contribution in [0.15, 0.2) is 12.3 Å². The van der Waals surface area contributed by atoms with E-state index in [1.54, 1.807) is 0 Å². The molecular weight excluding hydrogens is 252 g/mol. The van der Waals surface area contributed by atoms with Crippen molar-refractivity contribution >= 4 is 6.03 Å². The first-order chi connectivity index (χ1) is 8.37. The number of aliphatic hydroxyl groups is 2. The van der Waals surface area contributed by atoms with Gasteiger partial charge < -0.3 is 26.0 Å². The maximum absolute atomic E-state index is 13.7. The van der Waals surface area contributed by atoms with Gasteiger partial charge in [-0.2, -0.15) is 8.78 Å². The summed E-state index contributed by atoms with van der Waals surface area (Å²) in [6.07, 6.45) is -4.00. The fourth-order valence-corrected chi connectivity index (χ4v) is 1.82. The first-order valence-corrected chi connectivity index (χ1v) is 5.23. The van der Waals surface area contributed by atoms with Crippen LogP contribution in [0.3, 0.4) is 0 Å². The maximum atomic E-state index is 13.7. The number of ether oxygens (including phenoxy) is 1. The molecule has 2 aliphatic rings. The molecule has 4 atom stereocenters. The van der Waals surface area contributed by atoms with E-state index in [2.05, 4.69) is 5.32 Å². The SMILES string of the molecule is NC1C=CN([C@@H]2O[C@H](CO)[C@@H](O)C2(F)F)C(=O)N1. The molecule has 0 aromatic rings. The minimum atomic E-state index is -3.68. The number of nitrogens with one attached hydrogen (secondary N) is 1. The van der Waals surface area contributed by atoms with Crippen LogP contribution in [0.1, 0.15) is 0 Å². The van der Waals surface area contributed by atoms with Crippen LogP contribution in [-0.2, 0) is 4.74 Å². The lowest BCUT2D eigenvalue weighted by Gasteiger charge is -2.32. The molecule has 7 nitrogen and oxygen atoms in total. The van der Waals surface area contributed by atoms with E-state index < -0.39 is 43.2 Å². The van der Waals surface area contributed by atoms with E-state index in [1.807, 2.05) is 0 Å². The summed E-state index contributed by atoms with van der Waals surface area (Å²) in [6, 6.07) is -0.861. The molecule has 5 N–H and O–H groups in total. The van der Waals surface area contributed by atoms with Gasteiger partial charge in [-0.15, -0.1) is 0 Å². The Kier molecular flexibility index (Phi) is 3.23. The molecule has 2 aliphatic heterocycles. The summed E-state index contributed by atoms with van der Waals surface area (Å²) in [5.74, 6) is -3.68. The summed E-state index contributed by atoms with van der Waals surface area (Å²) in [5.41, 5.74) is 5.37. The number of rotatable bonds is 2. The Morgan fingerprint density at radius 1 is 1.61 bits per heavy atom. The molecule has 1 unspecified atom stereocenters. The zero-order valence-electron chi connectivity index (χ0n) is 9.16. The molecule has 0 spiro atoms. The van der Waals surface area contributed by atoms with E-state index in [0.29, 0.717) is 4.90 Å². The Balaban J connectivity index is 2.23. The normalized spacial score (nSPS) is 38.9. The predicted molar refractivity (Wildman–Crippen MR) is 54.2 cm³/mol. The molecule has 0 bridgehead atoms. The number of alkyl halides is 2. The van der Waals surface area contributed by atoms with Crippen molar-refractivity contribution in [1.82, 2.24) is 10.2 Å². The van der Waals surface area contributed by atoms with Gasteiger partial charge in [0.2, 0.25) is 6.23 Å². The monoisotopic (exact) mass is 265 g/mol. The Morgan fingerprint density at radius 2 is 2.28 bits per heavy atom. The van der Waals surface area contributed by atoms with Crippen LogP contribution >= 0.6 is 0 Å². The topological polar surface area (TPSA) is 108 Å². The number of hydrogen-bond donors (Lipinski definition) is 4. The van der Waals surface area contributed by atoms with Crippen LogP contribution in [0.25, 0.3) is 0 Å². The van der Waals surface area contributed by atoms with Crippen molar-refractivity contribution in [2.24, 2.45) is 5.73 Å². The van der Waals surface area contributed by atoms with Gasteiger partial charge in [0.1, 0.15) is 6.10 Å². The Labute approximate surface area is 101 Å². The molecule has 2 heterocycles. The fourth-order valence-electron chi connectivity index (χ4n) is 1.82. The molecule has 0 saturated carbocycles. The second-order valence-electron chi connectivity index (χ2n) is 4.05. The lowest BCUT2D eigenvalue weighted by molar-refractivity contribution is -0.145. The van der Waals surface area contributed by atoms with Gasteiger partial charge in [-0.05, 0) is 6.08 Å². The van der Waals surface area contributed by atoms with Crippen LogP contribution in [0.5, 0.6) is 0 Å². The summed E-state index contributed by atoms with van der Waals surface area (Å²) in [6.45, 7) is -0.772. The summed E-state index contributed by atoms with van der Waals surface area (Å²) in [5, 5.41) is 20.3. The lowest BCUT2D eigenvalue weighted by atomic mass is 10.1. The van der Waals surface area contributed by atoms with E-state index >= 15 is 0 Å². The van der Waals surface area contributed by atoms with Crippen molar-refractivity contribution in [2.45, 2.75) is 30.5 Å². The van der Waals surface area contributed by atoms with Gasteiger partial charge in [0.25, 0.3) is 0 Å². The minimum Gasteiger partial charge on any atom is -0.394 e. The molecule has 9 heteroatoms. The number of carbonyl (C=O) groups is 1. The third-order valence-electron chi connectivity index (χ3n) is 2.79. The minimum absolute atomic E-state index is 0.599. The van der Waals surface area contributed by atoms with E-state index in [4.69, 9.17) is 15.6 Å². The quantitative estimate of drug-likeness (QED) is 0.487. The van der Waals surface area contributed by atoms with Crippen LogP contribution in [-0.4, -0.2) is 58.3 Å². The van der Waals surface area contributed by atoms with Crippen molar-refractivity contribution < 1.29 is 28.5 Å². The number of amides is 2. The van der Waals surface area contributed by atoms with Crippen molar-refractivity contribution in [3.63, 3.8) is 0 Å². The van der Waals surface area contributed by atoms with Crippen molar-refractivity contribution in [1.29, 1.82) is 0 Å². The third kappa shape index (κ3) is 1.94. The summed E-state index contributed by atoms with van der Waals surface area (Å²) >= 11 is 0. The highest BCUT2D eigenvalue weighted by Crippen LogP contribution is 2.38. The van der Waals surface area contributed by atoms with E-state index in [-0.39, 0.29) is 0 Å². The second kappa shape index (κ2) is 4.43. The zero-order chi connectivity index (χ0) is 13.5. The highest BCUT2D eigenvalue weighted by atomic mass is 19.3. The highest BCUT2D eigenvalue weighted by Gasteiger charge is 2.61. The first kappa shape index (κ1) is 13.1. The number of halogens is 2. The standard InChI is InChI=1S/C9H13F2N3O4/c10-9(11)6(16)4(3-15)18-7(9)14-2-1-5(12)13-8(14)17/h1-2,4-7,15-16H,3,12H2,(H,13,17)/t4-,5?,6-,7-/m1/s1. The van der Waals surface area contributed by atoms with Gasteiger partial charge in [-0.1, -0.05) is 0 Å². The van der Waals surface area contributed by atoms with Gasteiger partial charge in [0.15, 0.2) is 6.10 Å². The Morgan fingerprint density at radius 3 is 2.78 bits per heavy atom. The average Bonchev–Trinajstić information content (AvgIpc) is 2.52. The van der Waals surface area contributed by atoms with E-state index in [0.717, 1.165) is 6.20 Å². The number of nitrogens with two attached hydrogens (primary N) is 1. The van der Waals surface area contributed by atoms with Gasteiger partial charge in [-0.3, -0.25) is 4.90 Å². The molecular formula is C9H13F2N3O4. The zero-order valence-corrected chi connectivity index (χ0v) is 9.16. The largest absolute Gasteiger partial charge is 0.394 e. The Bertz CT molecular complexity index is 379. The van der Waals surface area contributed by atoms with Gasteiger partial charge >= 0.3 is 12.0 Å². The van der Waals surface area contributed by atoms with Gasteiger partial charge in [0, 0.05) is 6.20 Å². The second-order valence-corrected chi connectivity index (χ2v) is 4.05. The molecule has 2 rings (SSSR count). The van der Waals surface area contributed by atoms with Crippen molar-refractivity contribution in [3.05, 3.63) is 12.3 Å². The van der Waals surface area contributed by atoms with Crippen LogP contribution in [0.4, 0.5) is 13.6 Å². The Hall–Kier alpha value is -1.29. The number of urea groups is 1. The van der Waals surface area contributed by atoms with E-state index in [9.17, 15) is 18.7 Å². The summed E-state index contributed by atoms with van der Waals surface area (Å²) in [4.78, 5) is 12.1. The van der Waals surface area contributed by atoms with Crippen LogP contribution in [0.2, 0.25) is 0 Å². The smallest absolute Gasteiger partial charge is 0.325 e. The van der Waals surface area contributed by atoms with Crippen LogP contribution < -0.4 is 11.1 Å². The first-order valence-electron chi connectivity index (χ1n) is 5.23. The number of hydrogen-bond acceptors (Lipinski definition) is 5. The van der Waals surface area contributed by atoms with Gasteiger partial charge in [-0.25, -0.2) is 4.79 Å². The third-order valence-corrected chi connectivity index (χ3v) is 2.79. The molecule has 1 fully saturated rings. The van der Waals surface area contributed by atoms with Crippen LogP contribution in [0, 0.1) is 0 Å². The molecule has 0 aromatic heterocycles. The molecule has 2 amide bonds. The maximum Gasteiger partial charge on any atom is 0.325 e. The summed E-state index contributed by atoms with van der Waals surface area (Å²) < 4.78 is 32.2. The highest BCUT2D eigenvalue weighted by molar-refractivity contribution is 5.77. The van der Waals surface area contributed by atoms with Crippen molar-refractivity contribution in [3.8, 4) is 0 Å². The fraction of sp³-hybridized carbons (Fsp3) is 0.667. The number of nitrogens with zero attached hydrogens (tertiary/aromatic N) is 1. The molecule has 1 saturated heterocycles. The average molecular weight is 265 g/mol. The number of aliphatic hydroxyl groups excluding tert-OH is 2. The molecule has 0 aromatic carbocycles. The number of carbonyl (C=O) groups excluding carboxylic acids is 1. The lowest BCUT2D eigenvalue weighted by Crippen LogP contribution is -2.57. The molecule has 18 heavy (non-hydrogen) atoms. The predicted octanol–water partition coefficient (Wildman–Crippen LogP) is -1.48. The van der Waals surface area contributed by atoms with Gasteiger partial charge in [0.05, 0.1) is 12.8 Å². The van der Waals surface area contributed by atoms with Crippen molar-refractivity contribution in [2.75, 3.05) is 6.61 Å². The molecule has 102 valence electrons.